The van der Waals surface area contributed by atoms with Gasteiger partial charge in [-0.25, -0.2) is 0 Å². The summed E-state index contributed by atoms with van der Waals surface area (Å²) < 4.78 is 5.59. The second kappa shape index (κ2) is 26.7. The van der Waals surface area contributed by atoms with Crippen molar-refractivity contribution in [3.63, 3.8) is 0 Å². The Hall–Kier alpha value is -6.19. The van der Waals surface area contributed by atoms with Crippen LogP contribution in [-0.4, -0.2) is 31.6 Å². The van der Waals surface area contributed by atoms with Crippen LogP contribution in [0.3, 0.4) is 0 Å². The number of carbonyl (C=O) groups excluding carboxylic acids is 3. The second-order valence-corrected chi connectivity index (χ2v) is 14.9. The van der Waals surface area contributed by atoms with Gasteiger partial charge in [-0.1, -0.05) is 192 Å². The molecule has 60 heavy (non-hydrogen) atoms. The first-order valence-corrected chi connectivity index (χ1v) is 19.3. The molecule has 8 heteroatoms. The topological polar surface area (TPSA) is 80.7 Å². The van der Waals surface area contributed by atoms with Gasteiger partial charge in [-0.05, 0) is 101 Å². The number of benzene rings is 7. The average Bonchev–Trinajstić information content (AvgIpc) is 3.27. The molecule has 0 fully saturated rings. The summed E-state index contributed by atoms with van der Waals surface area (Å²) in [5, 5.41) is 8.25. The zero-order valence-corrected chi connectivity index (χ0v) is 33.8. The van der Waals surface area contributed by atoms with Gasteiger partial charge in [0.05, 0.1) is 3.39 Å². The van der Waals surface area contributed by atoms with Gasteiger partial charge < -0.3 is 9.68 Å². The fourth-order valence-electron chi connectivity index (χ4n) is 5.97. The normalized spacial score (nSPS) is 9.38. The average molecular weight is 924 g/mol. The van der Waals surface area contributed by atoms with E-state index in [1.807, 2.05) is 109 Å². The Morgan fingerprint density at radius 1 is 0.400 bits per heavy atom. The third-order valence-electron chi connectivity index (χ3n) is 8.49. The van der Waals surface area contributed by atoms with E-state index in [1.54, 1.807) is 30.3 Å². The van der Waals surface area contributed by atoms with Crippen LogP contribution in [0.5, 0.6) is 5.75 Å². The highest BCUT2D eigenvalue weighted by Crippen LogP contribution is 2.37. The maximum atomic E-state index is 11.5. The summed E-state index contributed by atoms with van der Waals surface area (Å²) in [4.78, 5) is 33.2. The maximum Gasteiger partial charge on any atom is 0.569 e. The number of aldehydes is 3. The highest BCUT2D eigenvalue weighted by molar-refractivity contribution is 9.28. The molecule has 5 nitrogen and oxygen atoms in total. The van der Waals surface area contributed by atoms with Crippen LogP contribution in [0.4, 0.5) is 0 Å². The number of hydrogen-bond donors (Lipinski definition) is 1. The third-order valence-corrected chi connectivity index (χ3v) is 9.29. The zero-order chi connectivity index (χ0) is 40.2. The van der Waals surface area contributed by atoms with E-state index in [2.05, 4.69) is 85.0 Å². The van der Waals surface area contributed by atoms with Gasteiger partial charge in [0.15, 0.2) is 0 Å². The second-order valence-electron chi connectivity index (χ2n) is 12.2. The van der Waals surface area contributed by atoms with Gasteiger partial charge in [0.1, 0.15) is 24.6 Å². The van der Waals surface area contributed by atoms with Crippen molar-refractivity contribution in [2.24, 2.45) is 0 Å². The Kier molecular flexibility index (Phi) is 22.3. The van der Waals surface area contributed by atoms with Gasteiger partial charge in [0, 0.05) is 22.3 Å². The molecule has 0 bridgehead atoms. The molecule has 0 saturated carbocycles. The zero-order valence-electron chi connectivity index (χ0n) is 30.6. The Balaban J connectivity index is 0.000000348. The van der Waals surface area contributed by atoms with Crippen LogP contribution in [-0.2, 0) is 0 Å². The van der Waals surface area contributed by atoms with Crippen LogP contribution < -0.4 is 4.65 Å². The van der Waals surface area contributed by atoms with Crippen LogP contribution in [0.15, 0.2) is 198 Å². The van der Waals surface area contributed by atoms with Gasteiger partial charge in [-0.2, -0.15) is 0 Å². The Labute approximate surface area is 372 Å². The molecule has 7 aromatic rings. The van der Waals surface area contributed by atoms with Crippen molar-refractivity contribution in [2.75, 3.05) is 0 Å². The molecule has 0 atom stereocenters. The van der Waals surface area contributed by atoms with Gasteiger partial charge >= 0.3 is 7.69 Å². The molecular weight excluding hydrogens is 875 g/mol. The van der Waals surface area contributed by atoms with Crippen molar-refractivity contribution in [1.82, 2.24) is 0 Å². The molecule has 0 amide bonds. The molecule has 0 unspecified atom stereocenters. The van der Waals surface area contributed by atoms with E-state index < -0.39 is 0 Å². The van der Waals surface area contributed by atoms with Crippen LogP contribution >= 0.6 is 31.9 Å². The standard InChI is InChI=1S/C28H20O2.C14H10Br2.C7H6BO3.3CH4/c29-19-21-9-7-15-25(17-21)28(26-16-8-10-22(18-26)20-30)27(23-11-3-1-4-12-23)24-13-5-2-6-14-24;15-14(16)13(11-7-3-1-4-8-11)12-9-5-2-6-10-12;9-5-6-2-1-3-7(4-6)11-8-10;;;/h1-20H;1-10H;1-5,10H;3*1H4. The highest BCUT2D eigenvalue weighted by atomic mass is 79.9. The molecule has 1 N–H and O–H groups in total. The molecule has 0 heterocycles. The molecular formula is C52H48BBr2O5. The van der Waals surface area contributed by atoms with Crippen LogP contribution in [0.1, 0.15) is 86.7 Å². The van der Waals surface area contributed by atoms with Crippen LogP contribution in [0.2, 0.25) is 0 Å². The quantitative estimate of drug-likeness (QED) is 0.0794. The van der Waals surface area contributed by atoms with E-state index in [0.29, 0.717) is 36.4 Å². The van der Waals surface area contributed by atoms with E-state index in [9.17, 15) is 14.4 Å². The molecule has 1 radical (unpaired) electrons. The molecule has 0 spiro atoms. The SMILES string of the molecule is BrC(Br)=C(c1ccccc1)c1ccccc1.C.C.C.O=Cc1cccc(C(=C(c2ccccc2)c2ccccc2)c2cccc(C=O)c2)c1.O=Cc1cccc(O[B]O)c1. The molecule has 0 aromatic heterocycles. The molecule has 0 aliphatic rings. The van der Waals surface area contributed by atoms with E-state index >= 15 is 0 Å². The van der Waals surface area contributed by atoms with Crippen molar-refractivity contribution in [3.8, 4) is 5.75 Å². The van der Waals surface area contributed by atoms with Crippen molar-refractivity contribution in [3.05, 3.63) is 248 Å². The molecule has 0 saturated heterocycles. The Morgan fingerprint density at radius 3 is 1.03 bits per heavy atom. The predicted octanol–water partition coefficient (Wildman–Crippen LogP) is 13.8. The third kappa shape index (κ3) is 14.3. The summed E-state index contributed by atoms with van der Waals surface area (Å²) in [5.41, 5.74) is 11.3. The van der Waals surface area contributed by atoms with Crippen molar-refractivity contribution < 1.29 is 24.1 Å². The lowest BCUT2D eigenvalue weighted by atomic mass is 9.85. The summed E-state index contributed by atoms with van der Waals surface area (Å²) in [5.74, 6) is 0.442. The number of carbonyl (C=O) groups is 3. The smallest absolute Gasteiger partial charge is 0.537 e. The van der Waals surface area contributed by atoms with Gasteiger partial charge in [-0.15, -0.1) is 0 Å². The molecule has 7 rings (SSSR count). The van der Waals surface area contributed by atoms with Gasteiger partial charge in [-0.3, -0.25) is 14.4 Å². The minimum atomic E-state index is 0. The lowest BCUT2D eigenvalue weighted by Gasteiger charge is -2.18. The largest absolute Gasteiger partial charge is 0.569 e. The predicted molar refractivity (Wildman–Crippen MR) is 259 cm³/mol. The first-order chi connectivity index (χ1) is 27.9. The van der Waals surface area contributed by atoms with E-state index in [0.717, 1.165) is 49.4 Å². The number of halogens is 2. The molecule has 303 valence electrons. The summed E-state index contributed by atoms with van der Waals surface area (Å²) in [7, 11) is 0.573. The maximum absolute atomic E-state index is 11.5. The Bertz CT molecular complexity index is 2300. The van der Waals surface area contributed by atoms with Crippen molar-refractivity contribution >= 4 is 75.1 Å². The first-order valence-electron chi connectivity index (χ1n) is 17.8. The van der Waals surface area contributed by atoms with E-state index in [4.69, 9.17) is 5.02 Å². The number of hydrogen-bond acceptors (Lipinski definition) is 5. The first kappa shape index (κ1) is 50.0. The van der Waals surface area contributed by atoms with E-state index in [1.165, 1.54) is 22.8 Å². The fraction of sp³-hybridized carbons (Fsp3) is 0.0577. The lowest BCUT2D eigenvalue weighted by molar-refractivity contribution is 0.111. The van der Waals surface area contributed by atoms with Crippen molar-refractivity contribution in [2.45, 2.75) is 22.3 Å². The molecule has 7 aromatic carbocycles. The monoisotopic (exact) mass is 921 g/mol. The van der Waals surface area contributed by atoms with Crippen LogP contribution in [0, 0.1) is 0 Å². The minimum absolute atomic E-state index is 0. The fourth-order valence-corrected chi connectivity index (χ4v) is 6.89. The van der Waals surface area contributed by atoms with Crippen molar-refractivity contribution in [1.29, 1.82) is 0 Å². The molecule has 0 aliphatic carbocycles. The van der Waals surface area contributed by atoms with Gasteiger partial charge in [0.25, 0.3) is 0 Å². The Morgan fingerprint density at radius 2 is 0.700 bits per heavy atom. The lowest BCUT2D eigenvalue weighted by Crippen LogP contribution is -1.99. The minimum Gasteiger partial charge on any atom is -0.537 e. The highest BCUT2D eigenvalue weighted by Gasteiger charge is 2.17. The molecule has 0 aliphatic heterocycles. The van der Waals surface area contributed by atoms with Crippen LogP contribution in [0.25, 0.3) is 16.7 Å². The number of rotatable bonds is 11. The van der Waals surface area contributed by atoms with E-state index in [-0.39, 0.29) is 22.3 Å². The van der Waals surface area contributed by atoms with Gasteiger partial charge in [0.2, 0.25) is 0 Å². The summed E-state index contributed by atoms with van der Waals surface area (Å²) >= 11 is 7.02. The summed E-state index contributed by atoms with van der Waals surface area (Å²) in [6.45, 7) is 0. The summed E-state index contributed by atoms with van der Waals surface area (Å²) in [6, 6.07) is 62.6. The summed E-state index contributed by atoms with van der Waals surface area (Å²) in [6.07, 6.45) is 2.42.